The summed E-state index contributed by atoms with van der Waals surface area (Å²) in [5, 5.41) is 7.51. The Balaban J connectivity index is 2.07. The maximum absolute atomic E-state index is 4.13. The summed E-state index contributed by atoms with van der Waals surface area (Å²) in [6.07, 6.45) is 5.45. The van der Waals surface area contributed by atoms with E-state index in [9.17, 15) is 0 Å². The molecule has 3 nitrogen and oxygen atoms in total. The van der Waals surface area contributed by atoms with Gasteiger partial charge in [-0.3, -0.25) is 0 Å². The molecule has 2 rings (SSSR count). The normalized spacial score (nSPS) is 10.2. The predicted octanol–water partition coefficient (Wildman–Crippen LogP) is 3.67. The highest BCUT2D eigenvalue weighted by Gasteiger charge is 2.02. The van der Waals surface area contributed by atoms with E-state index in [1.54, 1.807) is 10.9 Å². The first-order valence-corrected chi connectivity index (χ1v) is 6.14. The summed E-state index contributed by atoms with van der Waals surface area (Å²) in [4.78, 5) is 0. The van der Waals surface area contributed by atoms with Gasteiger partial charge < -0.3 is 5.32 Å². The van der Waals surface area contributed by atoms with E-state index in [2.05, 4.69) is 52.0 Å². The number of nitrogens with one attached hydrogen (secondary N) is 1. The average molecular weight is 292 g/mol. The lowest BCUT2D eigenvalue weighted by Crippen LogP contribution is -1.99. The summed E-state index contributed by atoms with van der Waals surface area (Å²) in [5.74, 6) is 0. The molecular formula is C13H14BrN3. The predicted molar refractivity (Wildman–Crippen MR) is 74.8 cm³/mol. The van der Waals surface area contributed by atoms with Crippen molar-refractivity contribution in [1.29, 1.82) is 0 Å². The van der Waals surface area contributed by atoms with Crippen molar-refractivity contribution in [2.75, 3.05) is 5.32 Å². The van der Waals surface area contributed by atoms with Crippen molar-refractivity contribution in [3.8, 4) is 0 Å². The highest BCUT2D eigenvalue weighted by atomic mass is 79.9. The van der Waals surface area contributed by atoms with Crippen molar-refractivity contribution in [3.63, 3.8) is 0 Å². The molecule has 0 saturated carbocycles. The quantitative estimate of drug-likeness (QED) is 0.932. The van der Waals surface area contributed by atoms with E-state index in [1.807, 2.05) is 18.5 Å². The van der Waals surface area contributed by atoms with Gasteiger partial charge >= 0.3 is 0 Å². The summed E-state index contributed by atoms with van der Waals surface area (Å²) in [7, 11) is 0. The second kappa shape index (κ2) is 5.19. The maximum atomic E-state index is 4.13. The van der Waals surface area contributed by atoms with Crippen LogP contribution >= 0.6 is 15.9 Å². The van der Waals surface area contributed by atoms with Gasteiger partial charge in [-0.1, -0.05) is 18.7 Å². The van der Waals surface area contributed by atoms with Gasteiger partial charge in [-0.05, 0) is 34.5 Å². The molecule has 4 heteroatoms. The lowest BCUT2D eigenvalue weighted by atomic mass is 10.2. The van der Waals surface area contributed by atoms with Crippen LogP contribution < -0.4 is 5.32 Å². The van der Waals surface area contributed by atoms with Crippen molar-refractivity contribution < 1.29 is 0 Å². The molecule has 0 radical (unpaired) electrons. The van der Waals surface area contributed by atoms with E-state index >= 15 is 0 Å². The number of nitrogens with zero attached hydrogens (tertiary/aromatic N) is 2. The van der Waals surface area contributed by atoms with Crippen molar-refractivity contribution in [2.24, 2.45) is 0 Å². The molecule has 2 aromatic rings. The van der Waals surface area contributed by atoms with E-state index in [-0.39, 0.29) is 0 Å². The SMILES string of the molecule is C=Cn1cc(CNc2cccc(C)c2Br)cn1. The lowest BCUT2D eigenvalue weighted by Gasteiger charge is -2.08. The molecule has 17 heavy (non-hydrogen) atoms. The monoisotopic (exact) mass is 291 g/mol. The molecule has 1 heterocycles. The van der Waals surface area contributed by atoms with E-state index in [0.717, 1.165) is 22.3 Å². The number of aryl methyl sites for hydroxylation is 1. The molecular weight excluding hydrogens is 278 g/mol. The maximum Gasteiger partial charge on any atom is 0.0543 e. The van der Waals surface area contributed by atoms with Crippen LogP contribution in [0.1, 0.15) is 11.1 Å². The number of anilines is 1. The lowest BCUT2D eigenvalue weighted by molar-refractivity contribution is 0.936. The van der Waals surface area contributed by atoms with Gasteiger partial charge in [-0.25, -0.2) is 4.68 Å². The largest absolute Gasteiger partial charge is 0.380 e. The fourth-order valence-electron chi connectivity index (χ4n) is 1.55. The number of rotatable bonds is 4. The number of aromatic nitrogens is 2. The first-order chi connectivity index (χ1) is 8.20. The molecule has 1 aromatic carbocycles. The average Bonchev–Trinajstić information content (AvgIpc) is 2.79. The summed E-state index contributed by atoms with van der Waals surface area (Å²) in [5.41, 5.74) is 3.44. The fourth-order valence-corrected chi connectivity index (χ4v) is 1.95. The first-order valence-electron chi connectivity index (χ1n) is 5.35. The molecule has 0 aliphatic carbocycles. The zero-order chi connectivity index (χ0) is 12.3. The Hall–Kier alpha value is -1.55. The van der Waals surface area contributed by atoms with Gasteiger partial charge in [0.15, 0.2) is 0 Å². The van der Waals surface area contributed by atoms with E-state index in [1.165, 1.54) is 5.56 Å². The third kappa shape index (κ3) is 2.77. The van der Waals surface area contributed by atoms with Crippen LogP contribution in [0.25, 0.3) is 6.20 Å². The minimum Gasteiger partial charge on any atom is -0.380 e. The Kier molecular flexibility index (Phi) is 3.64. The zero-order valence-electron chi connectivity index (χ0n) is 9.65. The van der Waals surface area contributed by atoms with Crippen LogP contribution in [-0.2, 0) is 6.54 Å². The molecule has 0 fully saturated rings. The molecule has 0 saturated heterocycles. The van der Waals surface area contributed by atoms with Crippen LogP contribution in [0.5, 0.6) is 0 Å². The van der Waals surface area contributed by atoms with E-state index in [0.29, 0.717) is 0 Å². The molecule has 0 amide bonds. The summed E-state index contributed by atoms with van der Waals surface area (Å²) >= 11 is 3.57. The first kappa shape index (κ1) is 11.9. The smallest absolute Gasteiger partial charge is 0.0543 e. The number of halogens is 1. The number of hydrogen-bond acceptors (Lipinski definition) is 2. The van der Waals surface area contributed by atoms with Gasteiger partial charge in [-0.2, -0.15) is 5.10 Å². The van der Waals surface area contributed by atoms with Crippen LogP contribution in [0, 0.1) is 6.92 Å². The summed E-state index contributed by atoms with van der Waals surface area (Å²) < 4.78 is 2.80. The van der Waals surface area contributed by atoms with Gasteiger partial charge in [0.1, 0.15) is 0 Å². The Morgan fingerprint density at radius 1 is 1.53 bits per heavy atom. The number of hydrogen-bond donors (Lipinski definition) is 1. The van der Waals surface area contributed by atoms with Crippen LogP contribution in [0.3, 0.4) is 0 Å². The molecule has 0 unspecified atom stereocenters. The molecule has 1 aromatic heterocycles. The second-order valence-corrected chi connectivity index (χ2v) is 4.59. The Labute approximate surface area is 109 Å². The third-order valence-electron chi connectivity index (χ3n) is 2.52. The molecule has 0 spiro atoms. The molecule has 0 atom stereocenters. The van der Waals surface area contributed by atoms with Gasteiger partial charge in [0.2, 0.25) is 0 Å². The summed E-state index contributed by atoms with van der Waals surface area (Å²) in [6, 6.07) is 6.16. The Bertz CT molecular complexity index is 531. The highest BCUT2D eigenvalue weighted by molar-refractivity contribution is 9.10. The highest BCUT2D eigenvalue weighted by Crippen LogP contribution is 2.26. The van der Waals surface area contributed by atoms with Gasteiger partial charge in [0, 0.05) is 34.7 Å². The van der Waals surface area contributed by atoms with Crippen LogP contribution in [0.2, 0.25) is 0 Å². The van der Waals surface area contributed by atoms with E-state index in [4.69, 9.17) is 0 Å². The van der Waals surface area contributed by atoms with E-state index < -0.39 is 0 Å². The van der Waals surface area contributed by atoms with Gasteiger partial charge in [-0.15, -0.1) is 0 Å². The standard InChI is InChI=1S/C13H14BrN3/c1-3-17-9-11(8-16-17)7-15-12-6-4-5-10(2)13(12)14/h3-6,8-9,15H,1,7H2,2H3. The molecule has 0 bridgehead atoms. The molecule has 88 valence electrons. The minimum atomic E-state index is 0.746. The van der Waals surface area contributed by atoms with Gasteiger partial charge in [0.25, 0.3) is 0 Å². The third-order valence-corrected chi connectivity index (χ3v) is 3.57. The van der Waals surface area contributed by atoms with Crippen LogP contribution in [-0.4, -0.2) is 9.78 Å². The zero-order valence-corrected chi connectivity index (χ0v) is 11.2. The fraction of sp³-hybridized carbons (Fsp3) is 0.154. The van der Waals surface area contributed by atoms with Gasteiger partial charge in [0.05, 0.1) is 6.20 Å². The van der Waals surface area contributed by atoms with Crippen molar-refractivity contribution in [1.82, 2.24) is 9.78 Å². The Morgan fingerprint density at radius 2 is 2.35 bits per heavy atom. The minimum absolute atomic E-state index is 0.746. The van der Waals surface area contributed by atoms with Crippen LogP contribution in [0.4, 0.5) is 5.69 Å². The van der Waals surface area contributed by atoms with Crippen LogP contribution in [0.15, 0.2) is 41.6 Å². The van der Waals surface area contributed by atoms with Crippen molar-refractivity contribution in [3.05, 3.63) is 52.8 Å². The summed E-state index contributed by atoms with van der Waals surface area (Å²) in [6.45, 7) is 6.48. The Morgan fingerprint density at radius 3 is 3.06 bits per heavy atom. The van der Waals surface area contributed by atoms with Crippen molar-refractivity contribution >= 4 is 27.8 Å². The molecule has 1 N–H and O–H groups in total. The van der Waals surface area contributed by atoms with Crippen molar-refractivity contribution in [2.45, 2.75) is 13.5 Å². The second-order valence-electron chi connectivity index (χ2n) is 3.80. The molecule has 0 aliphatic heterocycles. The molecule has 0 aliphatic rings. The topological polar surface area (TPSA) is 29.9 Å². The number of benzene rings is 1.